The van der Waals surface area contributed by atoms with E-state index in [0.717, 1.165) is 30.4 Å². The van der Waals surface area contributed by atoms with Gasteiger partial charge in [0.15, 0.2) is 0 Å². The fraction of sp³-hybridized carbons (Fsp3) is 0.588. The second kappa shape index (κ2) is 5.21. The van der Waals surface area contributed by atoms with E-state index in [4.69, 9.17) is 11.6 Å². The zero-order valence-corrected chi connectivity index (χ0v) is 15.2. The molecule has 1 heterocycles. The number of halogens is 1. The third-order valence-corrected chi connectivity index (χ3v) is 7.59. The highest BCUT2D eigenvalue weighted by Crippen LogP contribution is 2.68. The lowest BCUT2D eigenvalue weighted by molar-refractivity contribution is 0.406. The molecule has 0 saturated heterocycles. The summed E-state index contributed by atoms with van der Waals surface area (Å²) in [4.78, 5) is 1.39. The molecule has 0 radical (unpaired) electrons. The lowest BCUT2D eigenvalue weighted by Gasteiger charge is -2.34. The molecule has 0 aliphatic heterocycles. The van der Waals surface area contributed by atoms with Crippen LogP contribution in [0.2, 0.25) is 0 Å². The number of nitrogens with zero attached hydrogens (tertiary/aromatic N) is 4. The van der Waals surface area contributed by atoms with Crippen molar-refractivity contribution in [3.63, 3.8) is 0 Å². The van der Waals surface area contributed by atoms with Gasteiger partial charge in [0.2, 0.25) is 5.16 Å². The van der Waals surface area contributed by atoms with E-state index in [9.17, 15) is 0 Å². The predicted octanol–water partition coefficient (Wildman–Crippen LogP) is 4.19. The van der Waals surface area contributed by atoms with Gasteiger partial charge in [-0.15, -0.1) is 26.6 Å². The molecule has 0 amide bonds. The summed E-state index contributed by atoms with van der Waals surface area (Å²) in [7, 11) is 0. The molecule has 1 aromatic carbocycles. The molecule has 0 bridgehead atoms. The van der Waals surface area contributed by atoms with Gasteiger partial charge in [-0.1, -0.05) is 43.8 Å². The fourth-order valence-electron chi connectivity index (χ4n) is 3.99. The van der Waals surface area contributed by atoms with E-state index < -0.39 is 0 Å². The van der Waals surface area contributed by atoms with Crippen LogP contribution in [0.1, 0.15) is 33.6 Å². The zero-order valence-electron chi connectivity index (χ0n) is 13.6. The lowest BCUT2D eigenvalue weighted by Crippen LogP contribution is -2.35. The summed E-state index contributed by atoms with van der Waals surface area (Å²) < 4.78 is 0. The standard InChI is InChI=1S/C17H21ClN4S/c1-16(2)12-9-14(17(3,18)10-13(12)16)23-15-19-21-22(20-15)11-7-5-4-6-8-11/h4-8,12-14H,9-10H2,1-3H3/t12-,13+,14-,17-/m1/s1. The highest BCUT2D eigenvalue weighted by Gasteiger charge is 2.63. The molecule has 23 heavy (non-hydrogen) atoms. The summed E-state index contributed by atoms with van der Waals surface area (Å²) in [6.45, 7) is 6.90. The van der Waals surface area contributed by atoms with Crippen LogP contribution >= 0.6 is 23.4 Å². The van der Waals surface area contributed by atoms with Crippen molar-refractivity contribution in [1.82, 2.24) is 20.2 Å². The lowest BCUT2D eigenvalue weighted by atomic mass is 9.89. The molecular weight excluding hydrogens is 328 g/mol. The van der Waals surface area contributed by atoms with Crippen LogP contribution in [0.25, 0.3) is 5.69 Å². The van der Waals surface area contributed by atoms with Crippen LogP contribution < -0.4 is 0 Å². The Hall–Kier alpha value is -1.07. The molecule has 4 nitrogen and oxygen atoms in total. The molecule has 2 aliphatic rings. The van der Waals surface area contributed by atoms with Crippen LogP contribution in [-0.4, -0.2) is 30.3 Å². The van der Waals surface area contributed by atoms with E-state index in [-0.39, 0.29) is 4.87 Å². The van der Waals surface area contributed by atoms with Crippen molar-refractivity contribution in [3.8, 4) is 5.69 Å². The highest BCUT2D eigenvalue weighted by atomic mass is 35.5. The molecule has 1 aromatic heterocycles. The second-order valence-electron chi connectivity index (χ2n) is 7.56. The smallest absolute Gasteiger partial charge is 0.130 e. The molecule has 0 spiro atoms. The van der Waals surface area contributed by atoms with Gasteiger partial charge in [0.25, 0.3) is 0 Å². The average Bonchev–Trinajstić information content (AvgIpc) is 2.89. The van der Waals surface area contributed by atoms with Gasteiger partial charge >= 0.3 is 0 Å². The number of rotatable bonds is 3. The molecule has 2 saturated carbocycles. The van der Waals surface area contributed by atoms with E-state index in [1.165, 1.54) is 0 Å². The van der Waals surface area contributed by atoms with Gasteiger partial charge in [-0.25, -0.2) is 0 Å². The third kappa shape index (κ3) is 2.68. The number of tetrazole rings is 1. The number of fused-ring (bicyclic) bond motifs is 1. The minimum Gasteiger partial charge on any atom is -0.130 e. The van der Waals surface area contributed by atoms with Crippen molar-refractivity contribution in [2.45, 2.75) is 48.9 Å². The molecule has 4 rings (SSSR count). The van der Waals surface area contributed by atoms with Crippen molar-refractivity contribution in [2.24, 2.45) is 17.3 Å². The summed E-state index contributed by atoms with van der Waals surface area (Å²) in [5.41, 5.74) is 1.37. The Morgan fingerprint density at radius 1 is 1.17 bits per heavy atom. The van der Waals surface area contributed by atoms with Crippen molar-refractivity contribution in [1.29, 1.82) is 0 Å². The molecule has 0 N–H and O–H groups in total. The molecule has 0 unspecified atom stereocenters. The van der Waals surface area contributed by atoms with Crippen molar-refractivity contribution < 1.29 is 0 Å². The Kier molecular flexibility index (Phi) is 3.50. The summed E-state index contributed by atoms with van der Waals surface area (Å²) in [6, 6.07) is 9.86. The molecule has 2 fully saturated rings. The zero-order chi connectivity index (χ0) is 16.2. The van der Waals surface area contributed by atoms with Crippen molar-refractivity contribution >= 4 is 23.4 Å². The maximum atomic E-state index is 6.86. The van der Waals surface area contributed by atoms with Crippen LogP contribution in [0.15, 0.2) is 35.5 Å². The third-order valence-electron chi connectivity index (χ3n) is 5.68. The molecule has 2 aliphatic carbocycles. The number of aromatic nitrogens is 4. The predicted molar refractivity (Wildman–Crippen MR) is 93.1 cm³/mol. The normalized spacial score (nSPS) is 34.9. The second-order valence-corrected chi connectivity index (χ2v) is 9.59. The van der Waals surface area contributed by atoms with E-state index in [1.54, 1.807) is 16.6 Å². The Morgan fingerprint density at radius 2 is 1.91 bits per heavy atom. The van der Waals surface area contributed by atoms with E-state index in [1.807, 2.05) is 30.3 Å². The van der Waals surface area contributed by atoms with Crippen LogP contribution in [0, 0.1) is 17.3 Å². The number of benzene rings is 1. The van der Waals surface area contributed by atoms with Crippen molar-refractivity contribution in [2.75, 3.05) is 0 Å². The number of thioether (sulfide) groups is 1. The topological polar surface area (TPSA) is 43.6 Å². The van der Waals surface area contributed by atoms with E-state index in [0.29, 0.717) is 15.8 Å². The largest absolute Gasteiger partial charge is 0.231 e. The van der Waals surface area contributed by atoms with Gasteiger partial charge < -0.3 is 0 Å². The Labute approximate surface area is 146 Å². The number of hydrogen-bond donors (Lipinski definition) is 0. The van der Waals surface area contributed by atoms with E-state index in [2.05, 4.69) is 36.2 Å². The van der Waals surface area contributed by atoms with Gasteiger partial charge in [-0.3, -0.25) is 0 Å². The molecule has 122 valence electrons. The van der Waals surface area contributed by atoms with Gasteiger partial charge in [0.05, 0.1) is 10.6 Å². The maximum Gasteiger partial charge on any atom is 0.231 e. The van der Waals surface area contributed by atoms with Crippen LogP contribution in [0.3, 0.4) is 0 Å². The Morgan fingerprint density at radius 3 is 2.65 bits per heavy atom. The first-order valence-electron chi connectivity index (χ1n) is 8.09. The first-order chi connectivity index (χ1) is 10.9. The Bertz CT molecular complexity index is 712. The molecule has 6 heteroatoms. The molecule has 4 atom stereocenters. The average molecular weight is 349 g/mol. The van der Waals surface area contributed by atoms with Gasteiger partial charge in [0, 0.05) is 5.25 Å². The monoisotopic (exact) mass is 348 g/mol. The number of para-hydroxylation sites is 1. The van der Waals surface area contributed by atoms with Crippen LogP contribution in [0.5, 0.6) is 0 Å². The van der Waals surface area contributed by atoms with Crippen LogP contribution in [-0.2, 0) is 0 Å². The summed E-state index contributed by atoms with van der Waals surface area (Å²) in [6.07, 6.45) is 2.22. The fourth-order valence-corrected chi connectivity index (χ4v) is 5.48. The number of alkyl halides is 1. The summed E-state index contributed by atoms with van der Waals surface area (Å²) in [5, 5.41) is 13.9. The van der Waals surface area contributed by atoms with Gasteiger partial charge in [-0.2, -0.15) is 0 Å². The van der Waals surface area contributed by atoms with Crippen molar-refractivity contribution in [3.05, 3.63) is 30.3 Å². The van der Waals surface area contributed by atoms with Gasteiger partial charge in [-0.05, 0) is 54.4 Å². The minimum atomic E-state index is -0.197. The number of hydrogen-bond acceptors (Lipinski definition) is 4. The SMILES string of the molecule is CC1(C)[C@@H]2C[C@@H](Sc3nnn(-c4ccccc4)n3)[C@](C)(Cl)C[C@@H]21. The Balaban J connectivity index is 1.51. The first kappa shape index (κ1) is 15.5. The summed E-state index contributed by atoms with van der Waals surface area (Å²) >= 11 is 8.54. The minimum absolute atomic E-state index is 0.197. The van der Waals surface area contributed by atoms with Gasteiger partial charge in [0.1, 0.15) is 0 Å². The quantitative estimate of drug-likeness (QED) is 0.780. The first-order valence-corrected chi connectivity index (χ1v) is 9.35. The maximum absolute atomic E-state index is 6.86. The molecule has 2 aromatic rings. The van der Waals surface area contributed by atoms with E-state index >= 15 is 0 Å². The highest BCUT2D eigenvalue weighted by molar-refractivity contribution is 7.99. The molecular formula is C17H21ClN4S. The van der Waals surface area contributed by atoms with Crippen LogP contribution in [0.4, 0.5) is 0 Å². The summed E-state index contributed by atoms with van der Waals surface area (Å²) in [5.74, 6) is 1.56.